The van der Waals surface area contributed by atoms with Crippen LogP contribution in [-0.4, -0.2) is 23.0 Å². The fourth-order valence-electron chi connectivity index (χ4n) is 2.76. The highest BCUT2D eigenvalue weighted by Crippen LogP contribution is 2.36. The van der Waals surface area contributed by atoms with Crippen LogP contribution < -0.4 is 14.3 Å². The Morgan fingerprint density at radius 3 is 2.81 bits per heavy atom. The first-order chi connectivity index (χ1) is 13.2. The number of carbonyl (C=O) groups is 1. The van der Waals surface area contributed by atoms with Gasteiger partial charge in [0.2, 0.25) is 6.79 Å². The second kappa shape index (κ2) is 7.91. The van der Waals surface area contributed by atoms with Crippen molar-refractivity contribution >= 4 is 39.2 Å². The van der Waals surface area contributed by atoms with Crippen molar-refractivity contribution < 1.29 is 14.3 Å². The number of nitrogens with zero attached hydrogens (tertiary/aromatic N) is 2. The van der Waals surface area contributed by atoms with Crippen LogP contribution in [-0.2, 0) is 17.1 Å². The van der Waals surface area contributed by atoms with Crippen molar-refractivity contribution in [1.82, 2.24) is 4.57 Å². The monoisotopic (exact) mass is 396 g/mol. The fraction of sp³-hybridized carbons (Fsp3) is 0.200. The summed E-state index contributed by atoms with van der Waals surface area (Å²) < 4.78 is 13.7. The zero-order chi connectivity index (χ0) is 18.6. The average Bonchev–Trinajstić information content (AvgIpc) is 3.25. The normalized spacial score (nSPS) is 13.1. The van der Waals surface area contributed by atoms with Crippen molar-refractivity contribution in [3.8, 4) is 23.8 Å². The van der Waals surface area contributed by atoms with Gasteiger partial charge >= 0.3 is 0 Å². The summed E-state index contributed by atoms with van der Waals surface area (Å²) in [6.45, 7) is 0.555. The summed E-state index contributed by atoms with van der Waals surface area (Å²) >= 11 is 2.97. The van der Waals surface area contributed by atoms with Crippen LogP contribution in [0.5, 0.6) is 11.5 Å². The lowest BCUT2D eigenvalue weighted by Crippen LogP contribution is -2.17. The van der Waals surface area contributed by atoms with E-state index in [1.165, 1.54) is 16.9 Å². The molecule has 2 aromatic carbocycles. The molecule has 0 spiro atoms. The van der Waals surface area contributed by atoms with Gasteiger partial charge < -0.3 is 14.0 Å². The molecule has 0 fully saturated rings. The molecular weight excluding hydrogens is 380 g/mol. The molecular formula is C20H16N2O3S2. The van der Waals surface area contributed by atoms with E-state index in [-0.39, 0.29) is 12.7 Å². The first-order valence-corrected chi connectivity index (χ1v) is 10.3. The number of carbonyl (C=O) groups excluding carboxylic acids is 1. The first-order valence-electron chi connectivity index (χ1n) is 8.30. The molecule has 136 valence electrons. The Balaban J connectivity index is 1.57. The van der Waals surface area contributed by atoms with Crippen molar-refractivity contribution in [1.29, 1.82) is 0 Å². The van der Waals surface area contributed by atoms with E-state index in [4.69, 9.17) is 15.9 Å². The zero-order valence-corrected chi connectivity index (χ0v) is 16.0. The Kier molecular flexibility index (Phi) is 5.19. The molecule has 0 saturated heterocycles. The van der Waals surface area contributed by atoms with Crippen LogP contribution in [0.25, 0.3) is 10.2 Å². The van der Waals surface area contributed by atoms with Gasteiger partial charge in [-0.3, -0.25) is 4.79 Å². The highest BCUT2D eigenvalue weighted by molar-refractivity contribution is 7.99. The summed E-state index contributed by atoms with van der Waals surface area (Å²) in [6.07, 6.45) is 5.52. The van der Waals surface area contributed by atoms with Crippen molar-refractivity contribution in [3.05, 3.63) is 52.8 Å². The minimum Gasteiger partial charge on any atom is -0.454 e. The minimum absolute atomic E-state index is 0.173. The Bertz CT molecular complexity index is 1090. The van der Waals surface area contributed by atoms with E-state index in [0.717, 1.165) is 16.0 Å². The Morgan fingerprint density at radius 1 is 1.26 bits per heavy atom. The number of rotatable bonds is 5. The third kappa shape index (κ3) is 3.87. The standard InChI is InChI=1S/C20H16N2O3S2/c1-2-8-22-15-9-16-17(25-13-24-16)10-18(15)27-20(22)21-19(23)12-26-11-14-6-4-3-5-7-14/h1,3-7,9-10H,8,11-13H2. The number of benzene rings is 2. The number of fused-ring (bicyclic) bond motifs is 2. The van der Waals surface area contributed by atoms with Crippen LogP contribution in [0, 0.1) is 12.3 Å². The molecule has 2 heterocycles. The fourth-order valence-corrected chi connectivity index (χ4v) is 4.58. The van der Waals surface area contributed by atoms with E-state index < -0.39 is 0 Å². The Labute approximate surface area is 164 Å². The molecule has 0 bridgehead atoms. The van der Waals surface area contributed by atoms with Gasteiger partial charge in [-0.15, -0.1) is 18.2 Å². The number of hydrogen-bond acceptors (Lipinski definition) is 5. The van der Waals surface area contributed by atoms with Gasteiger partial charge in [0.05, 0.1) is 22.5 Å². The summed E-state index contributed by atoms with van der Waals surface area (Å²) in [5, 5.41) is 0. The number of terminal acetylenes is 1. The summed E-state index contributed by atoms with van der Waals surface area (Å²) in [4.78, 5) is 17.2. The predicted molar refractivity (Wildman–Crippen MR) is 108 cm³/mol. The zero-order valence-electron chi connectivity index (χ0n) is 14.4. The smallest absolute Gasteiger partial charge is 0.258 e. The number of amides is 1. The molecule has 3 aromatic rings. The minimum atomic E-state index is -0.173. The van der Waals surface area contributed by atoms with Gasteiger partial charge in [-0.05, 0) is 5.56 Å². The Hall–Kier alpha value is -2.69. The van der Waals surface area contributed by atoms with Crippen LogP contribution in [0.1, 0.15) is 5.56 Å². The lowest BCUT2D eigenvalue weighted by molar-refractivity contribution is -0.115. The molecule has 27 heavy (non-hydrogen) atoms. The van der Waals surface area contributed by atoms with E-state index in [2.05, 4.69) is 10.9 Å². The summed E-state index contributed by atoms with van der Waals surface area (Å²) in [7, 11) is 0. The first kappa shape index (κ1) is 17.7. The highest BCUT2D eigenvalue weighted by atomic mass is 32.2. The maximum absolute atomic E-state index is 12.3. The average molecular weight is 396 g/mol. The second-order valence-corrected chi connectivity index (χ2v) is 7.83. The van der Waals surface area contributed by atoms with Gasteiger partial charge in [0.15, 0.2) is 16.3 Å². The van der Waals surface area contributed by atoms with Crippen LogP contribution in [0.2, 0.25) is 0 Å². The van der Waals surface area contributed by atoms with E-state index in [1.54, 1.807) is 11.8 Å². The largest absolute Gasteiger partial charge is 0.454 e. The number of thioether (sulfide) groups is 1. The van der Waals surface area contributed by atoms with Gasteiger partial charge in [-0.1, -0.05) is 47.6 Å². The topological polar surface area (TPSA) is 52.8 Å². The predicted octanol–water partition coefficient (Wildman–Crippen LogP) is 3.43. The van der Waals surface area contributed by atoms with Crippen molar-refractivity contribution in [2.24, 2.45) is 4.99 Å². The molecule has 1 aliphatic heterocycles. The molecule has 1 aromatic heterocycles. The van der Waals surface area contributed by atoms with Gasteiger partial charge in [-0.2, -0.15) is 4.99 Å². The van der Waals surface area contributed by atoms with E-state index in [0.29, 0.717) is 28.6 Å². The molecule has 0 N–H and O–H groups in total. The Morgan fingerprint density at radius 2 is 2.04 bits per heavy atom. The molecule has 1 aliphatic rings. The van der Waals surface area contributed by atoms with Crippen LogP contribution in [0.15, 0.2) is 47.5 Å². The molecule has 4 rings (SSSR count). The lowest BCUT2D eigenvalue weighted by atomic mass is 10.2. The van der Waals surface area contributed by atoms with Gasteiger partial charge in [0.1, 0.15) is 0 Å². The second-order valence-electron chi connectivity index (χ2n) is 5.83. The molecule has 5 nitrogen and oxygen atoms in total. The van der Waals surface area contributed by atoms with E-state index >= 15 is 0 Å². The number of thiazole rings is 1. The summed E-state index contributed by atoms with van der Waals surface area (Å²) in [5.74, 6) is 4.94. The molecule has 0 radical (unpaired) electrons. The van der Waals surface area contributed by atoms with Gasteiger partial charge in [0, 0.05) is 17.9 Å². The van der Waals surface area contributed by atoms with Crippen LogP contribution >= 0.6 is 23.1 Å². The molecule has 0 atom stereocenters. The highest BCUT2D eigenvalue weighted by Gasteiger charge is 2.17. The third-order valence-electron chi connectivity index (χ3n) is 3.98. The van der Waals surface area contributed by atoms with E-state index in [1.807, 2.05) is 47.0 Å². The van der Waals surface area contributed by atoms with Gasteiger partial charge in [-0.25, -0.2) is 0 Å². The molecule has 0 unspecified atom stereocenters. The number of aromatic nitrogens is 1. The van der Waals surface area contributed by atoms with Crippen LogP contribution in [0.3, 0.4) is 0 Å². The van der Waals surface area contributed by atoms with Gasteiger partial charge in [0.25, 0.3) is 5.91 Å². The van der Waals surface area contributed by atoms with E-state index in [9.17, 15) is 4.79 Å². The van der Waals surface area contributed by atoms with Crippen molar-refractivity contribution in [2.45, 2.75) is 12.3 Å². The maximum Gasteiger partial charge on any atom is 0.258 e. The summed E-state index contributed by atoms with van der Waals surface area (Å²) in [6, 6.07) is 13.9. The maximum atomic E-state index is 12.3. The van der Waals surface area contributed by atoms with Crippen LogP contribution in [0.4, 0.5) is 0 Å². The SMILES string of the molecule is C#CCn1c(=NC(=O)CSCc2ccccc2)sc2cc3c(cc21)OCO3. The molecule has 0 saturated carbocycles. The molecule has 0 aliphatic carbocycles. The molecule has 1 amide bonds. The van der Waals surface area contributed by atoms with Crippen molar-refractivity contribution in [2.75, 3.05) is 12.5 Å². The third-order valence-corrected chi connectivity index (χ3v) is 6.01. The van der Waals surface area contributed by atoms with Crippen molar-refractivity contribution in [3.63, 3.8) is 0 Å². The number of ether oxygens (including phenoxy) is 2. The number of hydrogen-bond donors (Lipinski definition) is 0. The quantitative estimate of drug-likeness (QED) is 0.620. The summed E-state index contributed by atoms with van der Waals surface area (Å²) in [5.41, 5.74) is 2.08. The lowest BCUT2D eigenvalue weighted by Gasteiger charge is -2.01. The molecule has 7 heteroatoms.